The molecule has 2 aromatic carbocycles. The van der Waals surface area contributed by atoms with E-state index in [-0.39, 0.29) is 0 Å². The lowest BCUT2D eigenvalue weighted by atomic mass is 9.77. The smallest absolute Gasteiger partial charge is 0.337 e. The van der Waals surface area contributed by atoms with Gasteiger partial charge in [0.1, 0.15) is 0 Å². The Balaban J connectivity index is 3.93. The Morgan fingerprint density at radius 2 is 0.310 bits per heavy atom. The monoisotopic (exact) mass is 594 g/mol. The third kappa shape index (κ3) is 4.72. The van der Waals surface area contributed by atoms with Crippen LogP contribution in [0.1, 0.15) is 104 Å². The van der Waals surface area contributed by atoms with Gasteiger partial charge in [-0.2, -0.15) is 0 Å². The van der Waals surface area contributed by atoms with Gasteiger partial charge in [-0.3, -0.25) is 0 Å². The Kier molecular flexibility index (Phi) is 8.00. The molecule has 0 aliphatic carbocycles. The predicted octanol–water partition coefficient (Wildman–Crippen LogP) is 0.336. The van der Waals surface area contributed by atoms with Gasteiger partial charge in [0.15, 0.2) is 0 Å². The summed E-state index contributed by atoms with van der Waals surface area (Å²) in [7, 11) is 0. The first-order chi connectivity index (χ1) is 19.2. The predicted molar refractivity (Wildman–Crippen MR) is 121 cm³/mol. The number of rotatable bonds is 11. The topological polar surface area (TPSA) is 373 Å². The van der Waals surface area contributed by atoms with Gasteiger partial charge in [0, 0.05) is 11.1 Å². The molecule has 20 nitrogen and oxygen atoms in total. The third-order valence-electron chi connectivity index (χ3n) is 5.39. The molecule has 42 heavy (non-hydrogen) atoms. The highest BCUT2D eigenvalue weighted by molar-refractivity contribution is 6.27. The molecule has 0 aliphatic rings. The fraction of sp³-hybridized carbons (Fsp3) is 0. The van der Waals surface area contributed by atoms with E-state index in [1.807, 2.05) is 0 Å². The summed E-state index contributed by atoms with van der Waals surface area (Å²) in [4.78, 5) is 121. The molecule has 218 valence electrons. The summed E-state index contributed by atoms with van der Waals surface area (Å²) in [6, 6.07) is 0. The first-order valence-electron chi connectivity index (χ1n) is 10.0. The van der Waals surface area contributed by atoms with Gasteiger partial charge >= 0.3 is 59.7 Å². The second-order valence-corrected chi connectivity index (χ2v) is 7.55. The molecule has 0 fully saturated rings. The lowest BCUT2D eigenvalue weighted by Crippen LogP contribution is -2.28. The van der Waals surface area contributed by atoms with Crippen LogP contribution in [0.5, 0.6) is 0 Å². The van der Waals surface area contributed by atoms with E-state index in [1.54, 1.807) is 0 Å². The molecule has 0 aliphatic heterocycles. The SMILES string of the molecule is O=C(O)c1c(C(=O)O)c(C(=O)O)c(-c2c(C(=O)O)c(C(=O)O)c(C(=O)O)c(C(=O)O)c2C(=O)O)c(C(=O)O)c1C(=O)O. The van der Waals surface area contributed by atoms with E-state index < -0.39 is 126 Å². The van der Waals surface area contributed by atoms with E-state index in [4.69, 9.17) is 0 Å². The van der Waals surface area contributed by atoms with E-state index in [0.717, 1.165) is 0 Å². The molecule has 2 aromatic rings. The van der Waals surface area contributed by atoms with Crippen molar-refractivity contribution >= 4 is 59.7 Å². The Bertz CT molecular complexity index is 1510. The van der Waals surface area contributed by atoms with E-state index in [2.05, 4.69) is 0 Å². The van der Waals surface area contributed by atoms with Crippen molar-refractivity contribution in [3.63, 3.8) is 0 Å². The first-order valence-corrected chi connectivity index (χ1v) is 10.0. The Morgan fingerprint density at radius 3 is 0.405 bits per heavy atom. The summed E-state index contributed by atoms with van der Waals surface area (Å²) < 4.78 is 0. The maximum absolute atomic E-state index is 12.3. The summed E-state index contributed by atoms with van der Waals surface area (Å²) in [5, 5.41) is 97.0. The van der Waals surface area contributed by atoms with Crippen molar-refractivity contribution in [2.45, 2.75) is 0 Å². The van der Waals surface area contributed by atoms with Gasteiger partial charge in [-0.25, -0.2) is 47.9 Å². The van der Waals surface area contributed by atoms with Crippen LogP contribution < -0.4 is 0 Å². The van der Waals surface area contributed by atoms with Gasteiger partial charge in [0.2, 0.25) is 0 Å². The van der Waals surface area contributed by atoms with Crippen molar-refractivity contribution in [2.24, 2.45) is 0 Å². The molecule has 10 N–H and O–H groups in total. The highest BCUT2D eigenvalue weighted by Gasteiger charge is 2.45. The molecule has 0 aromatic heterocycles. The maximum atomic E-state index is 12.3. The second kappa shape index (κ2) is 10.7. The molecule has 0 atom stereocenters. The Hall–Kier alpha value is -6.86. The zero-order valence-corrected chi connectivity index (χ0v) is 19.6. The van der Waals surface area contributed by atoms with E-state index in [1.165, 1.54) is 0 Å². The first kappa shape index (κ1) is 31.4. The highest BCUT2D eigenvalue weighted by Crippen LogP contribution is 2.43. The lowest BCUT2D eigenvalue weighted by Gasteiger charge is -2.23. The van der Waals surface area contributed by atoms with Crippen molar-refractivity contribution in [1.82, 2.24) is 0 Å². The van der Waals surface area contributed by atoms with Crippen LogP contribution in [0, 0.1) is 0 Å². The van der Waals surface area contributed by atoms with Crippen molar-refractivity contribution < 1.29 is 99.0 Å². The van der Waals surface area contributed by atoms with Crippen LogP contribution in [0.2, 0.25) is 0 Å². The van der Waals surface area contributed by atoms with Crippen LogP contribution in [0.3, 0.4) is 0 Å². The van der Waals surface area contributed by atoms with Gasteiger partial charge in [-0.15, -0.1) is 0 Å². The molecule has 2 rings (SSSR count). The highest BCUT2D eigenvalue weighted by atomic mass is 16.4. The molecule has 0 saturated carbocycles. The minimum atomic E-state index is -2.69. The van der Waals surface area contributed by atoms with Crippen LogP contribution >= 0.6 is 0 Å². The van der Waals surface area contributed by atoms with Gasteiger partial charge in [0.05, 0.1) is 55.6 Å². The molecule has 20 heteroatoms. The lowest BCUT2D eigenvalue weighted by molar-refractivity contribution is 0.0607. The number of carboxylic acids is 10. The number of carboxylic acid groups (broad SMARTS) is 10. The van der Waals surface area contributed by atoms with E-state index >= 15 is 0 Å². The molecular formula is C22H10O20. The average Bonchev–Trinajstić information content (AvgIpc) is 2.83. The van der Waals surface area contributed by atoms with Crippen LogP contribution in [-0.2, 0) is 0 Å². The second-order valence-electron chi connectivity index (χ2n) is 7.55. The van der Waals surface area contributed by atoms with E-state index in [0.29, 0.717) is 0 Å². The quantitative estimate of drug-likeness (QED) is 0.167. The van der Waals surface area contributed by atoms with Crippen molar-refractivity contribution in [3.05, 3.63) is 55.6 Å². The number of carbonyl (C=O) groups is 10. The molecular weight excluding hydrogens is 584 g/mol. The summed E-state index contributed by atoms with van der Waals surface area (Å²) in [5.74, 6) is -26.4. The molecule has 0 heterocycles. The van der Waals surface area contributed by atoms with Crippen LogP contribution in [0.15, 0.2) is 0 Å². The fourth-order valence-electron chi connectivity index (χ4n) is 4.14. The third-order valence-corrected chi connectivity index (χ3v) is 5.39. The molecule has 0 radical (unpaired) electrons. The molecule has 0 spiro atoms. The molecule has 0 unspecified atom stereocenters. The van der Waals surface area contributed by atoms with Crippen molar-refractivity contribution in [3.8, 4) is 11.1 Å². The minimum absolute atomic E-state index is 2.03. The van der Waals surface area contributed by atoms with Crippen LogP contribution in [0.25, 0.3) is 11.1 Å². The summed E-state index contributed by atoms with van der Waals surface area (Å²) in [6.45, 7) is 0. The number of hydrogen-bond donors (Lipinski definition) is 10. The zero-order valence-electron chi connectivity index (χ0n) is 19.6. The largest absolute Gasteiger partial charge is 0.478 e. The van der Waals surface area contributed by atoms with Crippen molar-refractivity contribution in [2.75, 3.05) is 0 Å². The minimum Gasteiger partial charge on any atom is -0.478 e. The summed E-state index contributed by atoms with van der Waals surface area (Å²) >= 11 is 0. The summed E-state index contributed by atoms with van der Waals surface area (Å²) in [5.41, 5.74) is -25.1. The average molecular weight is 594 g/mol. The number of benzene rings is 2. The Morgan fingerprint density at radius 1 is 0.214 bits per heavy atom. The molecule has 0 saturated heterocycles. The van der Waals surface area contributed by atoms with Crippen LogP contribution in [0.4, 0.5) is 0 Å². The molecule has 0 bridgehead atoms. The van der Waals surface area contributed by atoms with Gasteiger partial charge in [-0.05, 0) is 0 Å². The maximum Gasteiger partial charge on any atom is 0.337 e. The number of aromatic carboxylic acids is 10. The Labute approximate surface area is 226 Å². The standard InChI is InChI=1S/C22H10O20/c23-13(24)3-1(4(14(25)26)8(18(33)34)11(21(39)40)7(3)17(31)32)2-5(15(27)28)9(19(35)36)12(22(41)42)10(20(37)38)6(2)16(29)30/h(H,23,24)(H,25,26)(H,27,28)(H,29,30)(H,31,32)(H,33,34)(H,35,36)(H,37,38)(H,39,40)(H,41,42). The number of hydrogen-bond acceptors (Lipinski definition) is 10. The van der Waals surface area contributed by atoms with E-state index in [9.17, 15) is 99.0 Å². The van der Waals surface area contributed by atoms with Crippen LogP contribution in [-0.4, -0.2) is 111 Å². The summed E-state index contributed by atoms with van der Waals surface area (Å²) in [6.07, 6.45) is 0. The fourth-order valence-corrected chi connectivity index (χ4v) is 4.14. The normalized spacial score (nSPS) is 10.4. The molecule has 0 amide bonds. The van der Waals surface area contributed by atoms with Gasteiger partial charge in [0.25, 0.3) is 0 Å². The van der Waals surface area contributed by atoms with Crippen molar-refractivity contribution in [1.29, 1.82) is 0 Å². The van der Waals surface area contributed by atoms with Gasteiger partial charge in [-0.1, -0.05) is 0 Å². The van der Waals surface area contributed by atoms with Gasteiger partial charge < -0.3 is 51.1 Å². The zero-order chi connectivity index (χ0) is 32.7.